The molecule has 6 rings (SSSR count). The van der Waals surface area contributed by atoms with Crippen LogP contribution in [0, 0.1) is 11.8 Å². The fourth-order valence-electron chi connectivity index (χ4n) is 5.77. The van der Waals surface area contributed by atoms with Crippen LogP contribution in [-0.2, 0) is 29.2 Å². The Bertz CT molecular complexity index is 1880. The van der Waals surface area contributed by atoms with Gasteiger partial charge in [-0.05, 0) is 66.3 Å². The van der Waals surface area contributed by atoms with E-state index in [1.165, 1.54) is 30.4 Å². The lowest BCUT2D eigenvalue weighted by molar-refractivity contribution is -0.128. The second-order valence-electron chi connectivity index (χ2n) is 11.1. The Morgan fingerprint density at radius 3 is 2.53 bits per heavy atom. The van der Waals surface area contributed by atoms with Crippen molar-refractivity contribution < 1.29 is 26.3 Å². The summed E-state index contributed by atoms with van der Waals surface area (Å²) in [5.41, 5.74) is 6.49. The van der Waals surface area contributed by atoms with Crippen molar-refractivity contribution in [2.45, 2.75) is 49.3 Å². The van der Waals surface area contributed by atoms with Crippen molar-refractivity contribution in [3.63, 3.8) is 0 Å². The second kappa shape index (κ2) is 11.3. The van der Waals surface area contributed by atoms with E-state index < -0.39 is 22.4 Å². The molecule has 0 amide bonds. The topological polar surface area (TPSA) is 72.4 Å². The molecular formula is C33H32F3N3O3S. The molecule has 0 atom stereocenters. The van der Waals surface area contributed by atoms with Gasteiger partial charge in [0.1, 0.15) is 5.75 Å². The van der Waals surface area contributed by atoms with Crippen molar-refractivity contribution in [1.29, 1.82) is 0 Å². The Morgan fingerprint density at radius 2 is 1.81 bits per heavy atom. The minimum Gasteiger partial charge on any atom is -0.495 e. The molecule has 0 bridgehead atoms. The summed E-state index contributed by atoms with van der Waals surface area (Å²) in [5.74, 6) is 6.38. The largest absolute Gasteiger partial charge is 0.495 e. The summed E-state index contributed by atoms with van der Waals surface area (Å²) in [4.78, 5) is 0.123. The normalized spacial score (nSPS) is 15.1. The molecule has 10 heteroatoms. The molecule has 0 saturated heterocycles. The van der Waals surface area contributed by atoms with Gasteiger partial charge in [0.05, 0.1) is 41.7 Å². The van der Waals surface area contributed by atoms with E-state index in [-0.39, 0.29) is 23.2 Å². The van der Waals surface area contributed by atoms with Crippen LogP contribution in [0.2, 0.25) is 0 Å². The molecule has 1 aliphatic carbocycles. The van der Waals surface area contributed by atoms with E-state index in [9.17, 15) is 21.6 Å². The van der Waals surface area contributed by atoms with Crippen LogP contribution in [0.25, 0.3) is 22.0 Å². The van der Waals surface area contributed by atoms with Crippen molar-refractivity contribution >= 4 is 26.4 Å². The van der Waals surface area contributed by atoms with Crippen LogP contribution in [-0.4, -0.2) is 45.6 Å². The van der Waals surface area contributed by atoms with E-state index >= 15 is 0 Å². The molecule has 1 aliphatic heterocycles. The molecule has 43 heavy (non-hydrogen) atoms. The van der Waals surface area contributed by atoms with Crippen molar-refractivity contribution in [2.24, 2.45) is 0 Å². The van der Waals surface area contributed by atoms with Crippen LogP contribution in [0.4, 0.5) is 18.9 Å². The number of hydrogen-bond acceptors (Lipinski definition) is 5. The molecule has 1 saturated carbocycles. The lowest BCUT2D eigenvalue weighted by Crippen LogP contribution is -2.23. The summed E-state index contributed by atoms with van der Waals surface area (Å²) in [6.45, 7) is 1.89. The smallest absolute Gasteiger partial charge is 0.394 e. The van der Waals surface area contributed by atoms with Gasteiger partial charge in [0.25, 0.3) is 0 Å². The summed E-state index contributed by atoms with van der Waals surface area (Å²) < 4.78 is 72.7. The van der Waals surface area contributed by atoms with Gasteiger partial charge in [-0.1, -0.05) is 42.2 Å². The zero-order chi connectivity index (χ0) is 30.4. The number of nitrogens with zero attached hydrogens (tertiary/aromatic N) is 1. The van der Waals surface area contributed by atoms with Crippen molar-refractivity contribution in [3.05, 3.63) is 77.0 Å². The van der Waals surface area contributed by atoms with Gasteiger partial charge in [-0.15, -0.1) is 0 Å². The van der Waals surface area contributed by atoms with Crippen LogP contribution < -0.4 is 15.4 Å². The number of halogens is 3. The first-order valence-corrected chi connectivity index (χ1v) is 16.1. The van der Waals surface area contributed by atoms with Crippen molar-refractivity contribution in [3.8, 4) is 28.7 Å². The van der Waals surface area contributed by atoms with Gasteiger partial charge < -0.3 is 19.9 Å². The molecular weight excluding hydrogens is 575 g/mol. The average molecular weight is 608 g/mol. The Morgan fingerprint density at radius 1 is 1.05 bits per heavy atom. The van der Waals surface area contributed by atoms with Gasteiger partial charge in [-0.2, -0.15) is 13.2 Å². The first kappa shape index (κ1) is 29.1. The maximum absolute atomic E-state index is 13.9. The molecule has 0 spiro atoms. The highest BCUT2D eigenvalue weighted by molar-refractivity contribution is 7.90. The second-order valence-corrected chi connectivity index (χ2v) is 13.2. The fourth-order valence-corrected chi connectivity index (χ4v) is 6.41. The number of benzene rings is 3. The molecule has 2 heterocycles. The standard InChI is InChI=1S/C33H32F3N3O3S/c1-42-32-18-26(43(2,40)41)10-12-29(32)38-14-3-4-27-28-11-7-22(21-5-6-24-20-37-15-13-23(24)16-21)17-30(28)39(25-8-9-25)31(27)19-33(34,35)36/h5-7,10-12,16-18,25,37-38H,8-9,13-15,19-20H2,1-2H3. The molecule has 6 nitrogen and oxygen atoms in total. The number of hydrogen-bond donors (Lipinski definition) is 2. The Labute approximate surface area is 249 Å². The molecule has 224 valence electrons. The van der Waals surface area contributed by atoms with Crippen LogP contribution >= 0.6 is 0 Å². The third-order valence-corrected chi connectivity index (χ3v) is 9.10. The van der Waals surface area contributed by atoms with Gasteiger partial charge in [0.15, 0.2) is 9.84 Å². The number of nitrogens with one attached hydrogen (secondary N) is 2. The molecule has 3 aromatic carbocycles. The van der Waals surface area contributed by atoms with Gasteiger partial charge in [0, 0.05) is 36.0 Å². The zero-order valence-corrected chi connectivity index (χ0v) is 24.8. The Hall–Kier alpha value is -3.94. The van der Waals surface area contributed by atoms with Crippen molar-refractivity contribution in [1.82, 2.24) is 9.88 Å². The Balaban J connectivity index is 1.37. The summed E-state index contributed by atoms with van der Waals surface area (Å²) in [6, 6.07) is 16.8. The highest BCUT2D eigenvalue weighted by Gasteiger charge is 2.36. The monoisotopic (exact) mass is 607 g/mol. The number of rotatable bonds is 7. The minimum absolute atomic E-state index is 0.0241. The highest BCUT2D eigenvalue weighted by Crippen LogP contribution is 2.43. The van der Waals surface area contributed by atoms with E-state index in [1.54, 1.807) is 6.07 Å². The number of alkyl halides is 3. The number of methoxy groups -OCH3 is 1. The first-order valence-electron chi connectivity index (χ1n) is 14.2. The average Bonchev–Trinajstić information content (AvgIpc) is 3.76. The number of aromatic nitrogens is 1. The number of fused-ring (bicyclic) bond motifs is 2. The number of anilines is 1. The maximum Gasteiger partial charge on any atom is 0.394 e. The maximum atomic E-state index is 13.9. The predicted molar refractivity (Wildman–Crippen MR) is 162 cm³/mol. The van der Waals surface area contributed by atoms with E-state index in [0.717, 1.165) is 55.3 Å². The van der Waals surface area contributed by atoms with Crippen LogP contribution in [0.1, 0.15) is 41.3 Å². The molecule has 0 radical (unpaired) electrons. The first-order chi connectivity index (χ1) is 20.5. The third kappa shape index (κ3) is 6.24. The van der Waals surface area contributed by atoms with Gasteiger partial charge in [0.2, 0.25) is 0 Å². The van der Waals surface area contributed by atoms with E-state index in [0.29, 0.717) is 22.4 Å². The molecule has 2 aliphatic rings. The van der Waals surface area contributed by atoms with Gasteiger partial charge >= 0.3 is 6.18 Å². The fraction of sp³-hybridized carbons (Fsp3) is 0.333. The minimum atomic E-state index is -4.39. The number of sulfone groups is 1. The quantitative estimate of drug-likeness (QED) is 0.243. The molecule has 1 fully saturated rings. The van der Waals surface area contributed by atoms with E-state index in [1.807, 2.05) is 22.8 Å². The van der Waals surface area contributed by atoms with Crippen LogP contribution in [0.3, 0.4) is 0 Å². The van der Waals surface area contributed by atoms with E-state index in [2.05, 4.69) is 40.7 Å². The molecule has 0 unspecified atom stereocenters. The SMILES string of the molecule is COc1cc(S(C)(=O)=O)ccc1NCC#Cc1c(CC(F)(F)F)n(C2CC2)c2cc(-c3ccc4c(c3)CCNC4)ccc12. The summed E-state index contributed by atoms with van der Waals surface area (Å²) in [5, 5.41) is 7.19. The zero-order valence-electron chi connectivity index (χ0n) is 23.9. The molecule has 4 aromatic rings. The van der Waals surface area contributed by atoms with Crippen molar-refractivity contribution in [2.75, 3.05) is 31.8 Å². The lowest BCUT2D eigenvalue weighted by Gasteiger charge is -2.18. The van der Waals surface area contributed by atoms with E-state index in [4.69, 9.17) is 4.74 Å². The molecule has 1 aromatic heterocycles. The molecule has 2 N–H and O–H groups in total. The van der Waals surface area contributed by atoms with Crippen LogP contribution in [0.15, 0.2) is 59.5 Å². The summed E-state index contributed by atoms with van der Waals surface area (Å²) >= 11 is 0. The van der Waals surface area contributed by atoms with Gasteiger partial charge in [-0.25, -0.2) is 8.42 Å². The van der Waals surface area contributed by atoms with Gasteiger partial charge in [-0.3, -0.25) is 0 Å². The van der Waals surface area contributed by atoms with Crippen LogP contribution in [0.5, 0.6) is 5.75 Å². The predicted octanol–water partition coefficient (Wildman–Crippen LogP) is 6.27. The Kier molecular flexibility index (Phi) is 7.65. The summed E-state index contributed by atoms with van der Waals surface area (Å²) in [7, 11) is -1.98. The highest BCUT2D eigenvalue weighted by atomic mass is 32.2. The summed E-state index contributed by atoms with van der Waals surface area (Å²) in [6.07, 6.45) is -1.71. The third-order valence-electron chi connectivity index (χ3n) is 7.99. The number of ether oxygens (including phenoxy) is 1. The lowest BCUT2D eigenvalue weighted by atomic mass is 9.95.